The first-order valence-electron chi connectivity index (χ1n) is 6.45. The molecule has 0 amide bonds. The number of nitrogens with two attached hydrogens (primary N) is 1. The molecular weight excluding hydrogens is 254 g/mol. The second-order valence-electron chi connectivity index (χ2n) is 5.66. The van der Waals surface area contributed by atoms with Crippen molar-refractivity contribution in [1.29, 1.82) is 0 Å². The van der Waals surface area contributed by atoms with Gasteiger partial charge < -0.3 is 15.2 Å². The molecule has 1 aromatic heterocycles. The largest absolute Gasteiger partial charge is 0.493 e. The van der Waals surface area contributed by atoms with Gasteiger partial charge in [0.2, 0.25) is 0 Å². The third kappa shape index (κ3) is 2.57. The second-order valence-corrected chi connectivity index (χ2v) is 5.66. The van der Waals surface area contributed by atoms with E-state index in [4.69, 9.17) is 15.2 Å². The van der Waals surface area contributed by atoms with E-state index in [1.165, 1.54) is 0 Å². The molecule has 0 atom stereocenters. The minimum Gasteiger partial charge on any atom is -0.493 e. The number of methoxy groups -OCH3 is 2. The number of nitrogens with zero attached hydrogens (tertiary/aromatic N) is 2. The minimum atomic E-state index is -0.0457. The van der Waals surface area contributed by atoms with Crippen LogP contribution in [0.4, 0.5) is 5.82 Å². The zero-order valence-electron chi connectivity index (χ0n) is 12.6. The van der Waals surface area contributed by atoms with Gasteiger partial charge >= 0.3 is 0 Å². The maximum absolute atomic E-state index is 6.06. The molecule has 5 nitrogen and oxygen atoms in total. The molecule has 0 aliphatic carbocycles. The Morgan fingerprint density at radius 2 is 1.70 bits per heavy atom. The third-order valence-electron chi connectivity index (χ3n) is 3.12. The number of aromatic nitrogens is 2. The van der Waals surface area contributed by atoms with Crippen LogP contribution >= 0.6 is 0 Å². The Labute approximate surface area is 119 Å². The Kier molecular flexibility index (Phi) is 3.61. The van der Waals surface area contributed by atoms with Gasteiger partial charge in [0.15, 0.2) is 11.5 Å². The highest BCUT2D eigenvalue weighted by molar-refractivity contribution is 5.52. The number of nitrogen functional groups attached to an aromatic ring is 1. The molecule has 2 N–H and O–H groups in total. The van der Waals surface area contributed by atoms with Crippen molar-refractivity contribution in [3.8, 4) is 17.2 Å². The average molecular weight is 275 g/mol. The van der Waals surface area contributed by atoms with E-state index in [0.717, 1.165) is 11.4 Å². The number of hydrogen-bond donors (Lipinski definition) is 1. The van der Waals surface area contributed by atoms with Crippen molar-refractivity contribution in [1.82, 2.24) is 9.78 Å². The van der Waals surface area contributed by atoms with Crippen molar-refractivity contribution in [2.24, 2.45) is 0 Å². The fourth-order valence-electron chi connectivity index (χ4n) is 1.93. The van der Waals surface area contributed by atoms with E-state index in [2.05, 4.69) is 25.9 Å². The van der Waals surface area contributed by atoms with Crippen molar-refractivity contribution in [2.75, 3.05) is 20.0 Å². The molecule has 0 unspecified atom stereocenters. The Hall–Kier alpha value is -2.17. The van der Waals surface area contributed by atoms with Crippen LogP contribution in [0.5, 0.6) is 11.5 Å². The number of rotatable bonds is 3. The van der Waals surface area contributed by atoms with Crippen LogP contribution in [0.15, 0.2) is 24.3 Å². The van der Waals surface area contributed by atoms with E-state index in [0.29, 0.717) is 17.3 Å². The van der Waals surface area contributed by atoms with Crippen molar-refractivity contribution in [2.45, 2.75) is 26.2 Å². The molecule has 1 heterocycles. The van der Waals surface area contributed by atoms with Gasteiger partial charge in [-0.1, -0.05) is 20.8 Å². The third-order valence-corrected chi connectivity index (χ3v) is 3.12. The van der Waals surface area contributed by atoms with Gasteiger partial charge in [0.1, 0.15) is 5.82 Å². The average Bonchev–Trinajstić information content (AvgIpc) is 2.80. The topological polar surface area (TPSA) is 62.3 Å². The van der Waals surface area contributed by atoms with Gasteiger partial charge in [-0.2, -0.15) is 5.10 Å². The van der Waals surface area contributed by atoms with Crippen molar-refractivity contribution in [3.05, 3.63) is 30.0 Å². The molecular formula is C15H21N3O2. The fraction of sp³-hybridized carbons (Fsp3) is 0.400. The van der Waals surface area contributed by atoms with E-state index < -0.39 is 0 Å². The fourth-order valence-corrected chi connectivity index (χ4v) is 1.93. The Balaban J connectivity index is 2.49. The first-order chi connectivity index (χ1) is 9.36. The summed E-state index contributed by atoms with van der Waals surface area (Å²) in [5.74, 6) is 1.93. The summed E-state index contributed by atoms with van der Waals surface area (Å²) in [5, 5.41) is 4.58. The summed E-state index contributed by atoms with van der Waals surface area (Å²) < 4.78 is 12.2. The lowest BCUT2D eigenvalue weighted by molar-refractivity contribution is 0.354. The lowest BCUT2D eigenvalue weighted by atomic mass is 9.92. The number of ether oxygens (including phenoxy) is 2. The van der Waals surface area contributed by atoms with Crippen molar-refractivity contribution >= 4 is 5.82 Å². The molecule has 0 saturated carbocycles. The van der Waals surface area contributed by atoms with E-state index >= 15 is 0 Å². The first-order valence-corrected chi connectivity index (χ1v) is 6.45. The van der Waals surface area contributed by atoms with Crippen LogP contribution in [0, 0.1) is 0 Å². The monoisotopic (exact) mass is 275 g/mol. The van der Waals surface area contributed by atoms with Gasteiger partial charge in [-0.15, -0.1) is 0 Å². The molecule has 0 bridgehead atoms. The van der Waals surface area contributed by atoms with Crippen LogP contribution in [-0.2, 0) is 5.41 Å². The van der Waals surface area contributed by atoms with E-state index in [9.17, 15) is 0 Å². The number of anilines is 1. The zero-order chi connectivity index (χ0) is 14.9. The zero-order valence-corrected chi connectivity index (χ0v) is 12.6. The van der Waals surface area contributed by atoms with E-state index in [1.54, 1.807) is 18.9 Å². The second kappa shape index (κ2) is 5.07. The van der Waals surface area contributed by atoms with Gasteiger partial charge in [-0.05, 0) is 12.1 Å². The SMILES string of the molecule is COc1ccc(-n2nc(C(C)(C)C)cc2N)cc1OC. The normalized spacial score (nSPS) is 11.4. The maximum Gasteiger partial charge on any atom is 0.162 e. The van der Waals surface area contributed by atoms with Crippen LogP contribution in [0.25, 0.3) is 5.69 Å². The predicted octanol–water partition coefficient (Wildman–Crippen LogP) is 2.77. The molecule has 0 saturated heterocycles. The Bertz CT molecular complexity index is 612. The molecule has 0 fully saturated rings. The van der Waals surface area contributed by atoms with Gasteiger partial charge in [0.05, 0.1) is 25.6 Å². The van der Waals surface area contributed by atoms with Crippen LogP contribution in [0.3, 0.4) is 0 Å². The Morgan fingerprint density at radius 3 is 2.20 bits per heavy atom. The molecule has 0 spiro atoms. The molecule has 2 aromatic rings. The van der Waals surface area contributed by atoms with Crippen LogP contribution < -0.4 is 15.2 Å². The van der Waals surface area contributed by atoms with Crippen molar-refractivity contribution < 1.29 is 9.47 Å². The molecule has 0 aliphatic heterocycles. The van der Waals surface area contributed by atoms with Gasteiger partial charge in [0, 0.05) is 17.5 Å². The lowest BCUT2D eigenvalue weighted by Gasteiger charge is -2.14. The molecule has 2 rings (SSSR count). The summed E-state index contributed by atoms with van der Waals surface area (Å²) in [6.45, 7) is 6.31. The quantitative estimate of drug-likeness (QED) is 0.935. The smallest absolute Gasteiger partial charge is 0.162 e. The Morgan fingerprint density at radius 1 is 1.05 bits per heavy atom. The predicted molar refractivity (Wildman–Crippen MR) is 79.8 cm³/mol. The lowest BCUT2D eigenvalue weighted by Crippen LogP contribution is -2.12. The minimum absolute atomic E-state index is 0.0457. The van der Waals surface area contributed by atoms with Crippen LogP contribution in [0.1, 0.15) is 26.5 Å². The summed E-state index contributed by atoms with van der Waals surface area (Å²) in [7, 11) is 3.21. The van der Waals surface area contributed by atoms with Crippen molar-refractivity contribution in [3.63, 3.8) is 0 Å². The van der Waals surface area contributed by atoms with Crippen LogP contribution in [0.2, 0.25) is 0 Å². The molecule has 0 radical (unpaired) electrons. The first kappa shape index (κ1) is 14.2. The highest BCUT2D eigenvalue weighted by Gasteiger charge is 2.20. The summed E-state index contributed by atoms with van der Waals surface area (Å²) in [6, 6.07) is 7.49. The van der Waals surface area contributed by atoms with Crippen LogP contribution in [-0.4, -0.2) is 24.0 Å². The number of hydrogen-bond acceptors (Lipinski definition) is 4. The van der Waals surface area contributed by atoms with E-state index in [1.807, 2.05) is 24.3 Å². The standard InChI is InChI=1S/C15H21N3O2/c1-15(2,3)13-9-14(16)18(17-13)10-6-7-11(19-4)12(8-10)20-5/h6-9H,16H2,1-5H3. The molecule has 108 valence electrons. The summed E-state index contributed by atoms with van der Waals surface area (Å²) in [5.41, 5.74) is 7.81. The molecule has 1 aromatic carbocycles. The summed E-state index contributed by atoms with van der Waals surface area (Å²) in [4.78, 5) is 0. The summed E-state index contributed by atoms with van der Waals surface area (Å²) in [6.07, 6.45) is 0. The van der Waals surface area contributed by atoms with E-state index in [-0.39, 0.29) is 5.41 Å². The molecule has 5 heteroatoms. The highest BCUT2D eigenvalue weighted by atomic mass is 16.5. The van der Waals surface area contributed by atoms with Gasteiger partial charge in [0.25, 0.3) is 0 Å². The number of benzene rings is 1. The molecule has 20 heavy (non-hydrogen) atoms. The maximum atomic E-state index is 6.06. The molecule has 0 aliphatic rings. The highest BCUT2D eigenvalue weighted by Crippen LogP contribution is 2.31. The van der Waals surface area contributed by atoms with Gasteiger partial charge in [-0.3, -0.25) is 0 Å². The van der Waals surface area contributed by atoms with Gasteiger partial charge in [-0.25, -0.2) is 4.68 Å². The summed E-state index contributed by atoms with van der Waals surface area (Å²) >= 11 is 0.